The lowest BCUT2D eigenvalue weighted by Gasteiger charge is -2.43. The van der Waals surface area contributed by atoms with E-state index in [2.05, 4.69) is 30.3 Å². The predicted molar refractivity (Wildman–Crippen MR) is 114 cm³/mol. The summed E-state index contributed by atoms with van der Waals surface area (Å²) in [5.74, 6) is -0.560. The van der Waals surface area contributed by atoms with Crippen LogP contribution in [-0.2, 0) is 9.53 Å². The van der Waals surface area contributed by atoms with E-state index >= 15 is 0 Å². The second-order valence-corrected chi connectivity index (χ2v) is 7.40. The lowest BCUT2D eigenvalue weighted by Crippen LogP contribution is -2.43. The number of aliphatic carboxylic acids is 1. The number of aliphatic imine (C=N–C) groups is 1. The van der Waals surface area contributed by atoms with Gasteiger partial charge in [-0.3, -0.25) is 0 Å². The molecule has 0 bridgehead atoms. The van der Waals surface area contributed by atoms with E-state index in [1.54, 1.807) is 12.2 Å². The van der Waals surface area contributed by atoms with Gasteiger partial charge in [0.05, 0.1) is 11.5 Å². The van der Waals surface area contributed by atoms with Crippen LogP contribution in [0.2, 0.25) is 0 Å². The lowest BCUT2D eigenvalue weighted by molar-refractivity contribution is -0.139. The van der Waals surface area contributed by atoms with Gasteiger partial charge in [-0.15, -0.1) is 0 Å². The molecule has 2 unspecified atom stereocenters. The van der Waals surface area contributed by atoms with E-state index in [0.717, 1.165) is 36.2 Å². The molecule has 2 aliphatic heterocycles. The summed E-state index contributed by atoms with van der Waals surface area (Å²) in [6.07, 6.45) is 10.4. The quantitative estimate of drug-likeness (QED) is 0.545. The number of carboxylic acids is 1. The van der Waals surface area contributed by atoms with Gasteiger partial charge in [-0.05, 0) is 62.7 Å². The molecule has 2 aliphatic rings. The van der Waals surface area contributed by atoms with Crippen LogP contribution in [0.15, 0.2) is 64.4 Å². The number of carbonyl (C=O) groups is 1. The minimum absolute atomic E-state index is 0.122. The van der Waals surface area contributed by atoms with Crippen molar-refractivity contribution in [3.05, 3.63) is 59.4 Å². The first-order chi connectivity index (χ1) is 13.8. The molecule has 2 atom stereocenters. The Kier molecular flexibility index (Phi) is 8.00. The molecule has 0 aromatic carbocycles. The third-order valence-electron chi connectivity index (χ3n) is 5.28. The van der Waals surface area contributed by atoms with Crippen LogP contribution in [0, 0.1) is 5.92 Å². The van der Waals surface area contributed by atoms with E-state index in [-0.39, 0.29) is 11.9 Å². The molecule has 0 aromatic rings. The lowest BCUT2D eigenvalue weighted by atomic mass is 9.80. The number of hydrogen-bond donors (Lipinski definition) is 1. The highest BCUT2D eigenvalue weighted by Gasteiger charge is 2.37. The molecule has 0 amide bonds. The molecule has 2 rings (SSSR count). The van der Waals surface area contributed by atoms with Crippen molar-refractivity contribution < 1.29 is 19.0 Å². The van der Waals surface area contributed by atoms with E-state index < -0.39 is 12.6 Å². The Morgan fingerprint density at radius 1 is 1.45 bits per heavy atom. The summed E-state index contributed by atoms with van der Waals surface area (Å²) < 4.78 is 18.8. The fraction of sp³-hybridized carbons (Fsp3) is 0.478. The zero-order valence-electron chi connectivity index (χ0n) is 17.7. The molecule has 0 spiro atoms. The van der Waals surface area contributed by atoms with Crippen LogP contribution >= 0.6 is 0 Å². The topological polar surface area (TPSA) is 62.1 Å². The fourth-order valence-corrected chi connectivity index (χ4v) is 3.98. The molecule has 29 heavy (non-hydrogen) atoms. The molecule has 158 valence electrons. The third kappa shape index (κ3) is 5.68. The highest BCUT2D eigenvalue weighted by Crippen LogP contribution is 2.40. The van der Waals surface area contributed by atoms with Gasteiger partial charge in [-0.2, -0.15) is 0 Å². The number of fused-ring (bicyclic) bond motifs is 1. The van der Waals surface area contributed by atoms with Crippen molar-refractivity contribution >= 4 is 11.9 Å². The number of nitrogens with zero attached hydrogens (tertiary/aromatic N) is 2. The SMILES string of the molecule is C=C/C(=C\C=C(/C)F)CC1CC(CC)C(CC)=C2C(OCC(=O)O)=NC(C)=CN21. The Labute approximate surface area is 172 Å². The summed E-state index contributed by atoms with van der Waals surface area (Å²) in [6, 6.07) is 0.122. The average Bonchev–Trinajstić information content (AvgIpc) is 2.68. The molecule has 1 N–H and O–H groups in total. The minimum atomic E-state index is -1.03. The van der Waals surface area contributed by atoms with Crippen molar-refractivity contribution in [1.29, 1.82) is 0 Å². The molecular formula is C23H31FN2O3. The standard InChI is InChI=1S/C23H31FN2O3/c1-6-17(10-9-15(4)24)11-19-12-18(7-2)20(8-3)22-23(29-14-21(27)28)25-16(5)13-26(19)22/h6,9-10,13,18-19H,1,7-8,11-12,14H2,2-5H3,(H,27,28)/b15-9+,17-10+. The van der Waals surface area contributed by atoms with Crippen LogP contribution < -0.4 is 0 Å². The third-order valence-corrected chi connectivity index (χ3v) is 5.28. The van der Waals surface area contributed by atoms with Crippen LogP contribution in [0.4, 0.5) is 4.39 Å². The van der Waals surface area contributed by atoms with Crippen molar-refractivity contribution in [2.75, 3.05) is 6.61 Å². The maximum atomic E-state index is 13.2. The van der Waals surface area contributed by atoms with Crippen molar-refractivity contribution in [3.8, 4) is 0 Å². The number of carboxylic acid groups (broad SMARTS) is 1. The number of allylic oxidation sites excluding steroid dienone is 6. The van der Waals surface area contributed by atoms with E-state index in [1.165, 1.54) is 18.6 Å². The Hall–Kier alpha value is -2.63. The molecule has 0 saturated carbocycles. The zero-order chi connectivity index (χ0) is 21.6. The highest BCUT2D eigenvalue weighted by molar-refractivity contribution is 5.96. The number of halogens is 1. The summed E-state index contributed by atoms with van der Waals surface area (Å²) in [5.41, 5.74) is 3.82. The Morgan fingerprint density at radius 2 is 2.17 bits per heavy atom. The molecule has 5 nitrogen and oxygen atoms in total. The highest BCUT2D eigenvalue weighted by atomic mass is 19.1. The zero-order valence-corrected chi connectivity index (χ0v) is 17.7. The van der Waals surface area contributed by atoms with Gasteiger partial charge in [-0.1, -0.05) is 32.6 Å². The molecular weight excluding hydrogens is 371 g/mol. The number of rotatable bonds is 8. The normalized spacial score (nSPS) is 22.7. The summed E-state index contributed by atoms with van der Waals surface area (Å²) in [4.78, 5) is 17.7. The van der Waals surface area contributed by atoms with Crippen molar-refractivity contribution in [2.24, 2.45) is 10.9 Å². The van der Waals surface area contributed by atoms with Crippen LogP contribution in [-0.4, -0.2) is 34.5 Å². The second-order valence-electron chi connectivity index (χ2n) is 7.40. The summed E-state index contributed by atoms with van der Waals surface area (Å²) in [6.45, 7) is 11.0. The van der Waals surface area contributed by atoms with Gasteiger partial charge < -0.3 is 14.7 Å². The van der Waals surface area contributed by atoms with Gasteiger partial charge in [0.15, 0.2) is 6.61 Å². The molecule has 2 heterocycles. The number of ether oxygens (including phenoxy) is 1. The summed E-state index contributed by atoms with van der Waals surface area (Å²) in [7, 11) is 0. The molecule has 0 aromatic heterocycles. The molecule has 0 saturated heterocycles. The monoisotopic (exact) mass is 402 g/mol. The van der Waals surface area contributed by atoms with E-state index in [1.807, 2.05) is 13.1 Å². The van der Waals surface area contributed by atoms with Gasteiger partial charge in [-0.25, -0.2) is 14.2 Å². The van der Waals surface area contributed by atoms with Crippen molar-refractivity contribution in [1.82, 2.24) is 4.90 Å². The largest absolute Gasteiger partial charge is 0.479 e. The van der Waals surface area contributed by atoms with Gasteiger partial charge in [0, 0.05) is 12.2 Å². The van der Waals surface area contributed by atoms with Crippen LogP contribution in [0.3, 0.4) is 0 Å². The smallest absolute Gasteiger partial charge is 0.341 e. The molecule has 0 fully saturated rings. The first-order valence-corrected chi connectivity index (χ1v) is 10.1. The van der Waals surface area contributed by atoms with Gasteiger partial charge >= 0.3 is 5.97 Å². The van der Waals surface area contributed by atoms with Crippen molar-refractivity contribution in [3.63, 3.8) is 0 Å². The summed E-state index contributed by atoms with van der Waals surface area (Å²) in [5, 5.41) is 9.06. The van der Waals surface area contributed by atoms with Gasteiger partial charge in [0.25, 0.3) is 0 Å². The first-order valence-electron chi connectivity index (χ1n) is 10.1. The maximum Gasteiger partial charge on any atom is 0.341 e. The number of hydrogen-bond acceptors (Lipinski definition) is 4. The fourth-order valence-electron chi connectivity index (χ4n) is 3.98. The maximum absolute atomic E-state index is 13.2. The molecule has 6 heteroatoms. The first kappa shape index (κ1) is 22.7. The van der Waals surface area contributed by atoms with E-state index in [4.69, 9.17) is 9.84 Å². The Balaban J connectivity index is 2.46. The van der Waals surface area contributed by atoms with Crippen molar-refractivity contribution in [2.45, 2.75) is 59.4 Å². The predicted octanol–water partition coefficient (Wildman–Crippen LogP) is 5.50. The molecule has 0 aliphatic carbocycles. The van der Waals surface area contributed by atoms with Crippen LogP contribution in [0.25, 0.3) is 0 Å². The van der Waals surface area contributed by atoms with Gasteiger partial charge in [0.2, 0.25) is 5.90 Å². The second kappa shape index (κ2) is 10.2. The Bertz CT molecular complexity index is 801. The molecule has 0 radical (unpaired) electrons. The van der Waals surface area contributed by atoms with Crippen LogP contribution in [0.1, 0.15) is 53.4 Å². The van der Waals surface area contributed by atoms with Crippen LogP contribution in [0.5, 0.6) is 0 Å². The average molecular weight is 403 g/mol. The van der Waals surface area contributed by atoms with E-state index in [9.17, 15) is 9.18 Å². The minimum Gasteiger partial charge on any atom is -0.479 e. The van der Waals surface area contributed by atoms with Gasteiger partial charge in [0.1, 0.15) is 5.70 Å². The van der Waals surface area contributed by atoms with E-state index in [0.29, 0.717) is 18.2 Å². The Morgan fingerprint density at radius 3 is 2.72 bits per heavy atom. The summed E-state index contributed by atoms with van der Waals surface area (Å²) >= 11 is 0.